The Morgan fingerprint density at radius 1 is 1.22 bits per heavy atom. The van der Waals surface area contributed by atoms with Crippen LogP contribution in [0.25, 0.3) is 0 Å². The van der Waals surface area contributed by atoms with Gasteiger partial charge in [0.05, 0.1) is 12.1 Å². The fraction of sp³-hybridized carbons (Fsp3) is 0.619. The number of rotatable bonds is 6. The highest BCUT2D eigenvalue weighted by Crippen LogP contribution is 2.34. The highest BCUT2D eigenvalue weighted by Gasteiger charge is 2.30. The summed E-state index contributed by atoms with van der Waals surface area (Å²) in [5, 5.41) is 7.77. The van der Waals surface area contributed by atoms with E-state index in [1.165, 1.54) is 12.0 Å². The molecule has 3 heterocycles. The highest BCUT2D eigenvalue weighted by atomic mass is 16.5. The third-order valence-electron chi connectivity index (χ3n) is 5.49. The number of likely N-dealkylation sites (tertiary alicyclic amines) is 1. The molecule has 6 nitrogen and oxygen atoms in total. The number of ether oxygens (including phenoxy) is 2. The number of aromatic nitrogens is 3. The average Bonchev–Trinajstić information content (AvgIpc) is 3.33. The first-order chi connectivity index (χ1) is 13.2. The summed E-state index contributed by atoms with van der Waals surface area (Å²) in [4.78, 5) is 7.38. The lowest BCUT2D eigenvalue weighted by Crippen LogP contribution is -2.24. The third-order valence-corrected chi connectivity index (χ3v) is 5.49. The number of H-pyrrole nitrogens is 1. The van der Waals surface area contributed by atoms with E-state index in [2.05, 4.69) is 47.1 Å². The summed E-state index contributed by atoms with van der Waals surface area (Å²) in [5.74, 6) is 3.39. The van der Waals surface area contributed by atoms with E-state index in [1.807, 2.05) is 6.07 Å². The first-order valence-electron chi connectivity index (χ1n) is 10.2. The van der Waals surface area contributed by atoms with E-state index in [4.69, 9.17) is 14.5 Å². The maximum atomic E-state index is 6.01. The van der Waals surface area contributed by atoms with Crippen LogP contribution < -0.4 is 4.74 Å². The molecule has 1 aromatic carbocycles. The van der Waals surface area contributed by atoms with Crippen molar-refractivity contribution in [3.05, 3.63) is 41.5 Å². The molecule has 0 radical (unpaired) electrons. The van der Waals surface area contributed by atoms with Gasteiger partial charge in [-0.2, -0.15) is 5.10 Å². The van der Waals surface area contributed by atoms with Crippen molar-refractivity contribution in [3.8, 4) is 5.75 Å². The van der Waals surface area contributed by atoms with Gasteiger partial charge >= 0.3 is 0 Å². The quantitative estimate of drug-likeness (QED) is 0.837. The Balaban J connectivity index is 1.48. The summed E-state index contributed by atoms with van der Waals surface area (Å²) < 4.78 is 11.5. The predicted molar refractivity (Wildman–Crippen MR) is 104 cm³/mol. The zero-order valence-electron chi connectivity index (χ0n) is 16.4. The summed E-state index contributed by atoms with van der Waals surface area (Å²) in [6.07, 6.45) is 4.52. The lowest BCUT2D eigenvalue weighted by molar-refractivity contribution is 0.0836. The van der Waals surface area contributed by atoms with Crippen molar-refractivity contribution >= 4 is 0 Å². The van der Waals surface area contributed by atoms with E-state index < -0.39 is 0 Å². The van der Waals surface area contributed by atoms with Crippen LogP contribution in [-0.4, -0.2) is 45.9 Å². The molecule has 0 unspecified atom stereocenters. The van der Waals surface area contributed by atoms with E-state index in [1.54, 1.807) is 0 Å². The molecule has 2 aliphatic heterocycles. The number of hydrogen-bond acceptors (Lipinski definition) is 5. The van der Waals surface area contributed by atoms with E-state index in [0.717, 1.165) is 63.0 Å². The summed E-state index contributed by atoms with van der Waals surface area (Å²) in [5.41, 5.74) is 1.24. The molecule has 146 valence electrons. The summed E-state index contributed by atoms with van der Waals surface area (Å²) in [7, 11) is 0. The molecule has 0 saturated carbocycles. The van der Waals surface area contributed by atoms with Crippen molar-refractivity contribution in [1.82, 2.24) is 20.1 Å². The largest absolute Gasteiger partial charge is 0.491 e. The van der Waals surface area contributed by atoms with Crippen LogP contribution in [-0.2, 0) is 11.3 Å². The molecule has 2 saturated heterocycles. The standard InChI is InChI=1S/C21H30N4O2/c1-15(2)27-19-8-4-3-6-17(19)14-25-11-5-7-18(25)21-22-20(23-24-21)16-9-12-26-13-10-16/h3-4,6,8,15-16,18H,5,7,9-14H2,1-2H3,(H,22,23,24)/t18-/m0/s1. The van der Waals surface area contributed by atoms with Crippen molar-refractivity contribution in [2.45, 2.75) is 64.1 Å². The van der Waals surface area contributed by atoms with Gasteiger partial charge in [0.15, 0.2) is 5.82 Å². The van der Waals surface area contributed by atoms with E-state index in [0.29, 0.717) is 12.0 Å². The van der Waals surface area contributed by atoms with Crippen LogP contribution in [0.4, 0.5) is 0 Å². The Labute approximate surface area is 161 Å². The molecule has 2 aromatic rings. The lowest BCUT2D eigenvalue weighted by Gasteiger charge is -2.24. The Kier molecular flexibility index (Phi) is 5.74. The van der Waals surface area contributed by atoms with Crippen molar-refractivity contribution < 1.29 is 9.47 Å². The molecule has 27 heavy (non-hydrogen) atoms. The maximum Gasteiger partial charge on any atom is 0.154 e. The van der Waals surface area contributed by atoms with Gasteiger partial charge in [-0.3, -0.25) is 10.00 Å². The van der Waals surface area contributed by atoms with Crippen LogP contribution in [0, 0.1) is 0 Å². The molecular formula is C21H30N4O2. The number of nitrogens with zero attached hydrogens (tertiary/aromatic N) is 3. The van der Waals surface area contributed by atoms with Gasteiger partial charge in [0.1, 0.15) is 11.6 Å². The van der Waals surface area contributed by atoms with E-state index >= 15 is 0 Å². The minimum absolute atomic E-state index is 0.178. The fourth-order valence-corrected chi connectivity index (χ4v) is 4.12. The van der Waals surface area contributed by atoms with Gasteiger partial charge in [0.2, 0.25) is 0 Å². The molecule has 0 spiro atoms. The smallest absolute Gasteiger partial charge is 0.154 e. The molecule has 4 rings (SSSR count). The normalized spacial score (nSPS) is 21.8. The van der Waals surface area contributed by atoms with Gasteiger partial charge in [0, 0.05) is 31.2 Å². The molecule has 1 atom stereocenters. The Morgan fingerprint density at radius 3 is 2.85 bits per heavy atom. The minimum atomic E-state index is 0.178. The maximum absolute atomic E-state index is 6.01. The van der Waals surface area contributed by atoms with Crippen molar-refractivity contribution in [1.29, 1.82) is 0 Å². The number of nitrogens with one attached hydrogen (secondary N) is 1. The number of hydrogen-bond donors (Lipinski definition) is 1. The first kappa shape index (κ1) is 18.4. The predicted octanol–water partition coefficient (Wildman–Crippen LogP) is 3.82. The second kappa shape index (κ2) is 8.40. The zero-order chi connectivity index (χ0) is 18.6. The minimum Gasteiger partial charge on any atom is -0.491 e. The Hall–Kier alpha value is -1.92. The van der Waals surface area contributed by atoms with Crippen molar-refractivity contribution in [2.75, 3.05) is 19.8 Å². The topological polar surface area (TPSA) is 63.3 Å². The van der Waals surface area contributed by atoms with Crippen LogP contribution in [0.3, 0.4) is 0 Å². The van der Waals surface area contributed by atoms with Gasteiger partial charge in [-0.15, -0.1) is 0 Å². The Morgan fingerprint density at radius 2 is 2.04 bits per heavy atom. The molecule has 0 bridgehead atoms. The van der Waals surface area contributed by atoms with Crippen molar-refractivity contribution in [3.63, 3.8) is 0 Å². The summed E-state index contributed by atoms with van der Waals surface area (Å²) >= 11 is 0. The summed E-state index contributed by atoms with van der Waals surface area (Å²) in [6, 6.07) is 8.67. The second-order valence-corrected chi connectivity index (χ2v) is 7.87. The Bertz CT molecular complexity index is 739. The average molecular weight is 370 g/mol. The van der Waals surface area contributed by atoms with Crippen molar-refractivity contribution in [2.24, 2.45) is 0 Å². The fourth-order valence-electron chi connectivity index (χ4n) is 4.12. The molecule has 1 N–H and O–H groups in total. The number of para-hydroxylation sites is 1. The molecular weight excluding hydrogens is 340 g/mol. The third kappa shape index (κ3) is 4.33. The van der Waals surface area contributed by atoms with Gasteiger partial charge in [0.25, 0.3) is 0 Å². The van der Waals surface area contributed by atoms with Crippen LogP contribution in [0.5, 0.6) is 5.75 Å². The van der Waals surface area contributed by atoms with Crippen LogP contribution in [0.15, 0.2) is 24.3 Å². The molecule has 1 aromatic heterocycles. The molecule has 0 amide bonds. The lowest BCUT2D eigenvalue weighted by atomic mass is 10.00. The van der Waals surface area contributed by atoms with E-state index in [-0.39, 0.29) is 6.10 Å². The van der Waals surface area contributed by atoms with E-state index in [9.17, 15) is 0 Å². The van der Waals surface area contributed by atoms with Crippen LogP contribution in [0.2, 0.25) is 0 Å². The molecule has 0 aliphatic carbocycles. The van der Waals surface area contributed by atoms with Gasteiger partial charge < -0.3 is 9.47 Å². The summed E-state index contributed by atoms with van der Waals surface area (Å²) in [6.45, 7) is 7.73. The highest BCUT2D eigenvalue weighted by molar-refractivity contribution is 5.33. The first-order valence-corrected chi connectivity index (χ1v) is 10.2. The van der Waals surface area contributed by atoms with Gasteiger partial charge in [-0.25, -0.2) is 4.98 Å². The van der Waals surface area contributed by atoms with Gasteiger partial charge in [-0.1, -0.05) is 18.2 Å². The second-order valence-electron chi connectivity index (χ2n) is 7.87. The molecule has 2 fully saturated rings. The monoisotopic (exact) mass is 370 g/mol. The zero-order valence-corrected chi connectivity index (χ0v) is 16.4. The number of aromatic amines is 1. The van der Waals surface area contributed by atoms with Crippen LogP contribution >= 0.6 is 0 Å². The molecule has 2 aliphatic rings. The SMILES string of the molecule is CC(C)Oc1ccccc1CN1CCC[C@H]1c1nc(C2CCOCC2)n[nH]1. The van der Waals surface area contributed by atoms with Crippen LogP contribution in [0.1, 0.15) is 68.7 Å². The molecule has 6 heteroatoms. The van der Waals surface area contributed by atoms with Gasteiger partial charge in [-0.05, 0) is 52.1 Å². The number of benzene rings is 1.